The molecule has 0 spiro atoms. The molecule has 4 heteroatoms. The van der Waals surface area contributed by atoms with Crippen molar-refractivity contribution in [2.45, 2.75) is 25.2 Å². The molecule has 0 saturated carbocycles. The largest absolute Gasteiger partial charge is 0.465 e. The third-order valence-electron chi connectivity index (χ3n) is 4.39. The molecule has 3 rings (SSSR count). The molecular formula is C17H19NO3. The number of carbonyl (C=O) groups is 2. The molecule has 2 heterocycles. The molecule has 0 N–H and O–H groups in total. The predicted molar refractivity (Wildman–Crippen MR) is 78.7 cm³/mol. The van der Waals surface area contributed by atoms with E-state index in [1.165, 1.54) is 12.7 Å². The van der Waals surface area contributed by atoms with Crippen LogP contribution in [0, 0.1) is 0 Å². The molecule has 1 aromatic rings. The van der Waals surface area contributed by atoms with E-state index in [0.29, 0.717) is 18.9 Å². The predicted octanol–water partition coefficient (Wildman–Crippen LogP) is 2.27. The minimum absolute atomic E-state index is 0.0775. The summed E-state index contributed by atoms with van der Waals surface area (Å²) in [7, 11) is 1.33. The Bertz CT molecular complexity index is 591. The molecule has 0 radical (unpaired) electrons. The first-order chi connectivity index (χ1) is 10.2. The summed E-state index contributed by atoms with van der Waals surface area (Å²) < 4.78 is 4.78. The maximum Gasteiger partial charge on any atom is 0.343 e. The molecular weight excluding hydrogens is 266 g/mol. The lowest BCUT2D eigenvalue weighted by atomic mass is 9.85. The highest BCUT2D eigenvalue weighted by molar-refractivity contribution is 6.18. The van der Waals surface area contributed by atoms with Crippen LogP contribution in [0.15, 0.2) is 41.6 Å². The van der Waals surface area contributed by atoms with Gasteiger partial charge in [0.05, 0.1) is 7.11 Å². The van der Waals surface area contributed by atoms with Crippen LogP contribution in [0.4, 0.5) is 0 Å². The van der Waals surface area contributed by atoms with Gasteiger partial charge in [-0.15, -0.1) is 0 Å². The molecule has 0 bridgehead atoms. The standard InChI is InChI=1S/C17H19NO3/c1-21-17(20)16-14-8-7-13(12-5-3-2-4-6-12)11-18(14)10-9-15(16)19/h2-6,13H,7-11H2,1H3. The van der Waals surface area contributed by atoms with E-state index >= 15 is 0 Å². The second-order valence-corrected chi connectivity index (χ2v) is 5.58. The van der Waals surface area contributed by atoms with E-state index in [0.717, 1.165) is 25.1 Å². The maximum atomic E-state index is 12.0. The van der Waals surface area contributed by atoms with Crippen molar-refractivity contribution in [3.8, 4) is 0 Å². The van der Waals surface area contributed by atoms with Crippen LogP contribution >= 0.6 is 0 Å². The van der Waals surface area contributed by atoms with Gasteiger partial charge in [0.25, 0.3) is 0 Å². The summed E-state index contributed by atoms with van der Waals surface area (Å²) in [5.74, 6) is -0.105. The number of rotatable bonds is 2. The zero-order valence-electron chi connectivity index (χ0n) is 12.2. The van der Waals surface area contributed by atoms with Gasteiger partial charge in [0.1, 0.15) is 5.57 Å². The third-order valence-corrected chi connectivity index (χ3v) is 4.39. The molecule has 1 unspecified atom stereocenters. The van der Waals surface area contributed by atoms with Crippen molar-refractivity contribution in [2.75, 3.05) is 20.2 Å². The smallest absolute Gasteiger partial charge is 0.343 e. The number of methoxy groups -OCH3 is 1. The zero-order valence-corrected chi connectivity index (χ0v) is 12.2. The summed E-state index contributed by atoms with van der Waals surface area (Å²) in [5.41, 5.74) is 2.48. The van der Waals surface area contributed by atoms with E-state index in [2.05, 4.69) is 29.2 Å². The number of carbonyl (C=O) groups excluding carboxylic acids is 2. The van der Waals surface area contributed by atoms with E-state index in [1.807, 2.05) is 6.07 Å². The Morgan fingerprint density at radius 2 is 2.00 bits per heavy atom. The number of ketones is 1. The van der Waals surface area contributed by atoms with Gasteiger partial charge in [0, 0.05) is 31.1 Å². The van der Waals surface area contributed by atoms with E-state index in [9.17, 15) is 9.59 Å². The van der Waals surface area contributed by atoms with Crippen molar-refractivity contribution in [3.63, 3.8) is 0 Å². The highest BCUT2D eigenvalue weighted by atomic mass is 16.5. The lowest BCUT2D eigenvalue weighted by Gasteiger charge is -2.39. The van der Waals surface area contributed by atoms with Crippen LogP contribution < -0.4 is 0 Å². The molecule has 21 heavy (non-hydrogen) atoms. The van der Waals surface area contributed by atoms with Gasteiger partial charge >= 0.3 is 5.97 Å². The van der Waals surface area contributed by atoms with Gasteiger partial charge in [-0.3, -0.25) is 4.79 Å². The van der Waals surface area contributed by atoms with Crippen molar-refractivity contribution in [1.82, 2.24) is 4.90 Å². The molecule has 0 aromatic heterocycles. The van der Waals surface area contributed by atoms with Crippen LogP contribution in [-0.4, -0.2) is 36.9 Å². The van der Waals surface area contributed by atoms with Crippen LogP contribution in [-0.2, 0) is 14.3 Å². The van der Waals surface area contributed by atoms with Crippen molar-refractivity contribution in [3.05, 3.63) is 47.2 Å². The lowest BCUT2D eigenvalue weighted by Crippen LogP contribution is -2.41. The second-order valence-electron chi connectivity index (χ2n) is 5.58. The summed E-state index contributed by atoms with van der Waals surface area (Å²) in [4.78, 5) is 26.1. The molecule has 1 aromatic carbocycles. The first-order valence-electron chi connectivity index (χ1n) is 7.35. The Labute approximate surface area is 124 Å². The number of Topliss-reactive ketones (excluding diaryl/α,β-unsaturated/α-hetero) is 1. The van der Waals surface area contributed by atoms with Crippen LogP contribution in [0.2, 0.25) is 0 Å². The summed E-state index contributed by atoms with van der Waals surface area (Å²) in [6.45, 7) is 1.57. The summed E-state index contributed by atoms with van der Waals surface area (Å²) in [6.07, 6.45) is 2.12. The SMILES string of the molecule is COC(=O)C1=C2CCC(c3ccccc3)CN2CCC1=O. The Morgan fingerprint density at radius 1 is 1.24 bits per heavy atom. The fourth-order valence-corrected chi connectivity index (χ4v) is 3.30. The number of benzene rings is 1. The Kier molecular flexibility index (Phi) is 3.78. The molecule has 4 nitrogen and oxygen atoms in total. The van der Waals surface area contributed by atoms with E-state index in [-0.39, 0.29) is 11.4 Å². The molecule has 110 valence electrons. The fourth-order valence-electron chi connectivity index (χ4n) is 3.30. The number of piperidine rings is 1. The summed E-state index contributed by atoms with van der Waals surface area (Å²) >= 11 is 0. The number of fused-ring (bicyclic) bond motifs is 1. The Morgan fingerprint density at radius 3 is 2.71 bits per heavy atom. The van der Waals surface area contributed by atoms with Crippen LogP contribution in [0.3, 0.4) is 0 Å². The van der Waals surface area contributed by atoms with Crippen molar-refractivity contribution >= 4 is 11.8 Å². The van der Waals surface area contributed by atoms with Gasteiger partial charge in [0.2, 0.25) is 0 Å². The highest BCUT2D eigenvalue weighted by Gasteiger charge is 2.35. The molecule has 0 amide bonds. The van der Waals surface area contributed by atoms with E-state index in [4.69, 9.17) is 4.74 Å². The molecule has 1 saturated heterocycles. The molecule has 2 aliphatic rings. The third kappa shape index (κ3) is 2.58. The van der Waals surface area contributed by atoms with Gasteiger partial charge in [-0.05, 0) is 18.4 Å². The van der Waals surface area contributed by atoms with Crippen molar-refractivity contribution < 1.29 is 14.3 Å². The monoisotopic (exact) mass is 285 g/mol. The number of esters is 1. The van der Waals surface area contributed by atoms with Gasteiger partial charge in [-0.2, -0.15) is 0 Å². The Balaban J connectivity index is 1.87. The van der Waals surface area contributed by atoms with Crippen LogP contribution in [0.5, 0.6) is 0 Å². The number of allylic oxidation sites excluding steroid dienone is 1. The van der Waals surface area contributed by atoms with E-state index < -0.39 is 5.97 Å². The highest BCUT2D eigenvalue weighted by Crippen LogP contribution is 2.36. The minimum atomic E-state index is -0.488. The molecule has 0 aliphatic carbocycles. The van der Waals surface area contributed by atoms with Crippen LogP contribution in [0.1, 0.15) is 30.7 Å². The topological polar surface area (TPSA) is 46.6 Å². The number of nitrogens with zero attached hydrogens (tertiary/aromatic N) is 1. The van der Waals surface area contributed by atoms with Crippen molar-refractivity contribution in [2.24, 2.45) is 0 Å². The maximum absolute atomic E-state index is 12.0. The first kappa shape index (κ1) is 13.9. The normalized spacial score (nSPS) is 22.0. The number of hydrogen-bond acceptors (Lipinski definition) is 4. The first-order valence-corrected chi connectivity index (χ1v) is 7.35. The fraction of sp³-hybridized carbons (Fsp3) is 0.412. The minimum Gasteiger partial charge on any atom is -0.465 e. The van der Waals surface area contributed by atoms with Gasteiger partial charge in [-0.1, -0.05) is 30.3 Å². The quantitative estimate of drug-likeness (QED) is 0.618. The molecule has 1 atom stereocenters. The summed E-state index contributed by atoms with van der Waals surface area (Å²) in [6, 6.07) is 10.4. The Hall–Kier alpha value is -2.10. The lowest BCUT2D eigenvalue weighted by molar-refractivity contribution is -0.138. The molecule has 1 fully saturated rings. The average molecular weight is 285 g/mol. The van der Waals surface area contributed by atoms with Gasteiger partial charge < -0.3 is 9.64 Å². The van der Waals surface area contributed by atoms with E-state index in [1.54, 1.807) is 0 Å². The average Bonchev–Trinajstić information content (AvgIpc) is 2.54. The molecule has 2 aliphatic heterocycles. The summed E-state index contributed by atoms with van der Waals surface area (Å²) in [5, 5.41) is 0. The number of hydrogen-bond donors (Lipinski definition) is 0. The zero-order chi connectivity index (χ0) is 14.8. The number of ether oxygens (including phenoxy) is 1. The second kappa shape index (κ2) is 5.72. The van der Waals surface area contributed by atoms with Crippen LogP contribution in [0.25, 0.3) is 0 Å². The van der Waals surface area contributed by atoms with Crippen molar-refractivity contribution in [1.29, 1.82) is 0 Å². The van der Waals surface area contributed by atoms with Gasteiger partial charge in [-0.25, -0.2) is 4.79 Å². The van der Waals surface area contributed by atoms with Gasteiger partial charge in [0.15, 0.2) is 5.78 Å².